The van der Waals surface area contributed by atoms with Crippen LogP contribution >= 0.6 is 11.8 Å². The SMILES string of the molecule is Cc1cc(C#N)cc(Sc2ccc3c(c2)CCC3)n1. The molecule has 0 fully saturated rings. The van der Waals surface area contributed by atoms with Crippen LogP contribution in [0.25, 0.3) is 0 Å². The van der Waals surface area contributed by atoms with E-state index in [2.05, 4.69) is 29.3 Å². The van der Waals surface area contributed by atoms with E-state index in [0.29, 0.717) is 5.56 Å². The fourth-order valence-corrected chi connectivity index (χ4v) is 3.44. The standard InChI is InChI=1S/C16H14N2S/c1-11-7-12(10-17)8-16(18-11)19-15-6-5-13-3-2-4-14(13)9-15/h5-9H,2-4H2,1H3. The van der Waals surface area contributed by atoms with Crippen LogP contribution in [-0.4, -0.2) is 4.98 Å². The van der Waals surface area contributed by atoms with Gasteiger partial charge in [0.2, 0.25) is 0 Å². The van der Waals surface area contributed by atoms with Crippen molar-refractivity contribution in [2.24, 2.45) is 0 Å². The zero-order valence-corrected chi connectivity index (χ0v) is 11.6. The highest BCUT2D eigenvalue weighted by molar-refractivity contribution is 7.99. The summed E-state index contributed by atoms with van der Waals surface area (Å²) in [6.45, 7) is 1.92. The third kappa shape index (κ3) is 2.64. The van der Waals surface area contributed by atoms with Gasteiger partial charge >= 0.3 is 0 Å². The van der Waals surface area contributed by atoms with Crippen molar-refractivity contribution in [1.29, 1.82) is 5.26 Å². The largest absolute Gasteiger partial charge is 0.246 e. The fraction of sp³-hybridized carbons (Fsp3) is 0.250. The summed E-state index contributed by atoms with van der Waals surface area (Å²) < 4.78 is 0. The van der Waals surface area contributed by atoms with Gasteiger partial charge in [-0.2, -0.15) is 5.26 Å². The Bertz CT molecular complexity index is 671. The molecule has 0 saturated heterocycles. The fourth-order valence-electron chi connectivity index (χ4n) is 2.49. The van der Waals surface area contributed by atoms with Crippen LogP contribution in [0.2, 0.25) is 0 Å². The van der Waals surface area contributed by atoms with Crippen LogP contribution in [-0.2, 0) is 12.8 Å². The maximum atomic E-state index is 8.99. The lowest BCUT2D eigenvalue weighted by Crippen LogP contribution is -1.88. The van der Waals surface area contributed by atoms with Gasteiger partial charge in [0.05, 0.1) is 11.6 Å². The number of aromatic nitrogens is 1. The molecule has 3 rings (SSSR count). The Labute approximate surface area is 117 Å². The van der Waals surface area contributed by atoms with Gasteiger partial charge in [-0.05, 0) is 61.6 Å². The van der Waals surface area contributed by atoms with Crippen LogP contribution in [0.15, 0.2) is 40.3 Å². The number of hydrogen-bond donors (Lipinski definition) is 0. The van der Waals surface area contributed by atoms with Crippen molar-refractivity contribution < 1.29 is 0 Å². The maximum absolute atomic E-state index is 8.99. The third-order valence-corrected chi connectivity index (χ3v) is 4.26. The van der Waals surface area contributed by atoms with Gasteiger partial charge in [-0.3, -0.25) is 0 Å². The molecule has 1 heterocycles. The van der Waals surface area contributed by atoms with Crippen molar-refractivity contribution in [3.63, 3.8) is 0 Å². The minimum absolute atomic E-state index is 0.677. The van der Waals surface area contributed by atoms with Crippen LogP contribution in [0.4, 0.5) is 0 Å². The second kappa shape index (κ2) is 5.07. The number of aryl methyl sites for hydroxylation is 3. The lowest BCUT2D eigenvalue weighted by Gasteiger charge is -2.05. The molecule has 0 N–H and O–H groups in total. The number of fused-ring (bicyclic) bond motifs is 1. The molecule has 0 amide bonds. The van der Waals surface area contributed by atoms with Gasteiger partial charge in [-0.1, -0.05) is 17.8 Å². The van der Waals surface area contributed by atoms with Gasteiger partial charge in [0.1, 0.15) is 5.03 Å². The molecule has 0 bridgehead atoms. The quantitative estimate of drug-likeness (QED) is 0.827. The van der Waals surface area contributed by atoms with Gasteiger partial charge in [0, 0.05) is 10.6 Å². The molecular formula is C16H14N2S. The molecule has 1 aromatic heterocycles. The minimum atomic E-state index is 0.677. The number of pyridine rings is 1. The molecule has 1 aliphatic rings. The Kier molecular flexibility index (Phi) is 3.27. The topological polar surface area (TPSA) is 36.7 Å². The lowest BCUT2D eigenvalue weighted by atomic mass is 10.1. The summed E-state index contributed by atoms with van der Waals surface area (Å²) in [6.07, 6.45) is 3.67. The Balaban J connectivity index is 1.89. The summed E-state index contributed by atoms with van der Waals surface area (Å²) in [5, 5.41) is 9.89. The van der Waals surface area contributed by atoms with E-state index in [1.54, 1.807) is 11.8 Å². The second-order valence-corrected chi connectivity index (χ2v) is 5.93. The maximum Gasteiger partial charge on any atom is 0.102 e. The first-order chi connectivity index (χ1) is 9.24. The highest BCUT2D eigenvalue weighted by Crippen LogP contribution is 2.31. The van der Waals surface area contributed by atoms with Crippen molar-refractivity contribution in [1.82, 2.24) is 4.98 Å². The molecule has 0 radical (unpaired) electrons. The highest BCUT2D eigenvalue weighted by atomic mass is 32.2. The molecule has 0 aliphatic heterocycles. The van der Waals surface area contributed by atoms with Crippen molar-refractivity contribution in [2.75, 3.05) is 0 Å². The average molecular weight is 266 g/mol. The lowest BCUT2D eigenvalue weighted by molar-refractivity contribution is 0.911. The van der Waals surface area contributed by atoms with E-state index < -0.39 is 0 Å². The molecule has 2 nitrogen and oxygen atoms in total. The first kappa shape index (κ1) is 12.3. The monoisotopic (exact) mass is 266 g/mol. The van der Waals surface area contributed by atoms with Gasteiger partial charge in [0.25, 0.3) is 0 Å². The molecule has 2 aromatic rings. The molecule has 1 aromatic carbocycles. The Morgan fingerprint density at radius 1 is 1.16 bits per heavy atom. The summed E-state index contributed by atoms with van der Waals surface area (Å²) >= 11 is 1.64. The Morgan fingerprint density at radius 2 is 2.00 bits per heavy atom. The van der Waals surface area contributed by atoms with E-state index in [0.717, 1.165) is 10.7 Å². The summed E-state index contributed by atoms with van der Waals surface area (Å²) in [5.74, 6) is 0. The molecule has 3 heteroatoms. The normalized spacial score (nSPS) is 13.1. The second-order valence-electron chi connectivity index (χ2n) is 4.83. The van der Waals surface area contributed by atoms with E-state index in [-0.39, 0.29) is 0 Å². The molecule has 0 unspecified atom stereocenters. The van der Waals surface area contributed by atoms with E-state index in [1.165, 1.54) is 35.3 Å². The highest BCUT2D eigenvalue weighted by Gasteiger charge is 2.11. The molecule has 0 atom stereocenters. The Hall–Kier alpha value is -1.79. The number of hydrogen-bond acceptors (Lipinski definition) is 3. The van der Waals surface area contributed by atoms with Gasteiger partial charge in [0.15, 0.2) is 0 Å². The van der Waals surface area contributed by atoms with Crippen LogP contribution in [0, 0.1) is 18.3 Å². The smallest absolute Gasteiger partial charge is 0.102 e. The first-order valence-electron chi connectivity index (χ1n) is 6.43. The van der Waals surface area contributed by atoms with E-state index in [9.17, 15) is 0 Å². The number of nitrogens with zero attached hydrogens (tertiary/aromatic N) is 2. The van der Waals surface area contributed by atoms with E-state index >= 15 is 0 Å². The number of benzene rings is 1. The predicted octanol–water partition coefficient (Wildman–Crippen LogP) is 3.90. The Morgan fingerprint density at radius 3 is 2.84 bits per heavy atom. The molecule has 0 spiro atoms. The van der Waals surface area contributed by atoms with Crippen LogP contribution < -0.4 is 0 Å². The summed E-state index contributed by atoms with van der Waals surface area (Å²) in [4.78, 5) is 5.69. The van der Waals surface area contributed by atoms with Gasteiger partial charge in [-0.25, -0.2) is 4.98 Å². The van der Waals surface area contributed by atoms with Crippen LogP contribution in [0.5, 0.6) is 0 Å². The zero-order valence-electron chi connectivity index (χ0n) is 10.8. The number of nitriles is 1. The molecule has 19 heavy (non-hydrogen) atoms. The predicted molar refractivity (Wildman–Crippen MR) is 76.3 cm³/mol. The first-order valence-corrected chi connectivity index (χ1v) is 7.25. The van der Waals surface area contributed by atoms with Crippen molar-refractivity contribution in [3.8, 4) is 6.07 Å². The van der Waals surface area contributed by atoms with Gasteiger partial charge < -0.3 is 0 Å². The molecule has 94 valence electrons. The average Bonchev–Trinajstić information content (AvgIpc) is 2.85. The van der Waals surface area contributed by atoms with E-state index in [1.807, 2.05) is 19.1 Å². The summed E-state index contributed by atoms with van der Waals surface area (Å²) in [7, 11) is 0. The van der Waals surface area contributed by atoms with Crippen molar-refractivity contribution in [3.05, 3.63) is 52.7 Å². The molecular weight excluding hydrogens is 252 g/mol. The summed E-state index contributed by atoms with van der Waals surface area (Å²) in [6, 6.07) is 12.5. The zero-order chi connectivity index (χ0) is 13.2. The molecule has 0 saturated carbocycles. The van der Waals surface area contributed by atoms with Crippen LogP contribution in [0.1, 0.15) is 28.8 Å². The molecule has 1 aliphatic carbocycles. The van der Waals surface area contributed by atoms with Crippen LogP contribution in [0.3, 0.4) is 0 Å². The van der Waals surface area contributed by atoms with Crippen molar-refractivity contribution in [2.45, 2.75) is 36.1 Å². The van der Waals surface area contributed by atoms with E-state index in [4.69, 9.17) is 5.26 Å². The summed E-state index contributed by atoms with van der Waals surface area (Å²) in [5.41, 5.74) is 4.52. The third-order valence-electron chi connectivity index (χ3n) is 3.35. The number of rotatable bonds is 2. The minimum Gasteiger partial charge on any atom is -0.246 e. The van der Waals surface area contributed by atoms with Crippen molar-refractivity contribution >= 4 is 11.8 Å². The van der Waals surface area contributed by atoms with Gasteiger partial charge in [-0.15, -0.1) is 0 Å².